The number of carbonyl (C=O) groups is 2. The van der Waals surface area contributed by atoms with Crippen LogP contribution in [-0.4, -0.2) is 37.0 Å². The summed E-state index contributed by atoms with van der Waals surface area (Å²) < 4.78 is 18.8. The second kappa shape index (κ2) is 9.17. The van der Waals surface area contributed by atoms with Crippen molar-refractivity contribution in [2.75, 3.05) is 25.5 Å². The lowest BCUT2D eigenvalue weighted by Gasteiger charge is -2.32. The van der Waals surface area contributed by atoms with Crippen LogP contribution in [0.15, 0.2) is 42.5 Å². The Balaban J connectivity index is 1.68. The van der Waals surface area contributed by atoms with Crippen LogP contribution in [0.5, 0.6) is 0 Å². The Morgan fingerprint density at radius 3 is 2.79 bits per heavy atom. The van der Waals surface area contributed by atoms with E-state index in [9.17, 15) is 14.0 Å². The molecule has 0 aromatic heterocycles. The monoisotopic (exact) mass is 404 g/mol. The zero-order valence-electron chi connectivity index (χ0n) is 15.6. The first-order chi connectivity index (χ1) is 13.5. The minimum absolute atomic E-state index is 0.166. The van der Waals surface area contributed by atoms with Crippen LogP contribution >= 0.6 is 11.6 Å². The first-order valence-corrected chi connectivity index (χ1v) is 9.51. The van der Waals surface area contributed by atoms with Gasteiger partial charge in [-0.25, -0.2) is 9.18 Å². The summed E-state index contributed by atoms with van der Waals surface area (Å²) in [7, 11) is 1.30. The van der Waals surface area contributed by atoms with Crippen LogP contribution in [0, 0.1) is 11.7 Å². The molecule has 1 aliphatic rings. The Hall–Kier alpha value is -2.44. The molecule has 1 amide bonds. The second-order valence-corrected chi connectivity index (χ2v) is 7.21. The number of nitrogens with zero attached hydrogens (tertiary/aromatic N) is 1. The Kier molecular flexibility index (Phi) is 6.65. The summed E-state index contributed by atoms with van der Waals surface area (Å²) in [6.45, 7) is 1.62. The van der Waals surface area contributed by atoms with Crippen molar-refractivity contribution < 1.29 is 18.7 Å². The van der Waals surface area contributed by atoms with Crippen LogP contribution in [0.1, 0.15) is 28.8 Å². The van der Waals surface area contributed by atoms with Crippen LogP contribution in [-0.2, 0) is 16.1 Å². The Morgan fingerprint density at radius 1 is 1.25 bits per heavy atom. The average molecular weight is 405 g/mol. The molecule has 1 unspecified atom stereocenters. The van der Waals surface area contributed by atoms with Gasteiger partial charge in [-0.1, -0.05) is 29.8 Å². The minimum Gasteiger partial charge on any atom is -0.465 e. The first kappa shape index (κ1) is 20.3. The molecule has 1 fully saturated rings. The molecule has 2 aromatic rings. The van der Waals surface area contributed by atoms with Crippen molar-refractivity contribution in [2.24, 2.45) is 5.92 Å². The molecule has 0 bridgehead atoms. The number of benzene rings is 2. The number of halogens is 2. The smallest absolute Gasteiger partial charge is 0.339 e. The van der Waals surface area contributed by atoms with Gasteiger partial charge in [0, 0.05) is 23.7 Å². The number of para-hydroxylation sites is 1. The fraction of sp³-hybridized carbons (Fsp3) is 0.333. The molecular weight excluding hydrogens is 383 g/mol. The number of hydrogen-bond donors (Lipinski definition) is 1. The summed E-state index contributed by atoms with van der Waals surface area (Å²) in [6, 6.07) is 11.4. The topological polar surface area (TPSA) is 58.6 Å². The quantitative estimate of drug-likeness (QED) is 0.762. The second-order valence-electron chi connectivity index (χ2n) is 6.80. The predicted octanol–water partition coefficient (Wildman–Crippen LogP) is 4.12. The number of anilines is 1. The van der Waals surface area contributed by atoms with Gasteiger partial charge in [-0.15, -0.1) is 0 Å². The molecular formula is C21H22ClFN2O3. The lowest BCUT2D eigenvalue weighted by atomic mass is 9.96. The maximum absolute atomic E-state index is 14.1. The summed E-state index contributed by atoms with van der Waals surface area (Å²) >= 11 is 6.13. The zero-order chi connectivity index (χ0) is 20.1. The van der Waals surface area contributed by atoms with Crippen LogP contribution in [0.4, 0.5) is 10.1 Å². The third kappa shape index (κ3) is 4.69. The molecule has 0 aliphatic carbocycles. The zero-order valence-corrected chi connectivity index (χ0v) is 16.3. The molecule has 2 aromatic carbocycles. The standard InChI is InChI=1S/C21H22ClFN2O3/c1-28-21(27)15-7-2-3-10-19(15)24-20(26)14-6-5-11-25(12-14)13-16-17(22)8-4-9-18(16)23/h2-4,7-10,14H,5-6,11-13H2,1H3,(H,24,26). The summed E-state index contributed by atoms with van der Waals surface area (Å²) in [5.41, 5.74) is 1.18. The Morgan fingerprint density at radius 2 is 2.04 bits per heavy atom. The lowest BCUT2D eigenvalue weighted by molar-refractivity contribution is -0.121. The number of nitrogens with one attached hydrogen (secondary N) is 1. The van der Waals surface area contributed by atoms with Gasteiger partial charge in [-0.3, -0.25) is 9.69 Å². The van der Waals surface area contributed by atoms with E-state index in [4.69, 9.17) is 16.3 Å². The van der Waals surface area contributed by atoms with Crippen molar-refractivity contribution in [2.45, 2.75) is 19.4 Å². The molecule has 1 atom stereocenters. The Bertz CT molecular complexity index is 854. The number of hydrogen-bond acceptors (Lipinski definition) is 4. The van der Waals surface area contributed by atoms with E-state index in [0.29, 0.717) is 34.9 Å². The van der Waals surface area contributed by atoms with E-state index in [0.717, 1.165) is 19.4 Å². The highest BCUT2D eigenvalue weighted by atomic mass is 35.5. The van der Waals surface area contributed by atoms with Gasteiger partial charge in [-0.05, 0) is 43.7 Å². The summed E-state index contributed by atoms with van der Waals surface area (Å²) in [5, 5.41) is 3.22. The van der Waals surface area contributed by atoms with E-state index >= 15 is 0 Å². The molecule has 28 heavy (non-hydrogen) atoms. The average Bonchev–Trinajstić information content (AvgIpc) is 2.71. The van der Waals surface area contributed by atoms with Gasteiger partial charge in [0.05, 0.1) is 24.3 Å². The fourth-order valence-corrected chi connectivity index (χ4v) is 3.66. The van der Waals surface area contributed by atoms with Gasteiger partial charge in [0.1, 0.15) is 5.82 Å². The number of esters is 1. The van der Waals surface area contributed by atoms with Gasteiger partial charge in [0.2, 0.25) is 5.91 Å². The van der Waals surface area contributed by atoms with E-state index < -0.39 is 5.97 Å². The summed E-state index contributed by atoms with van der Waals surface area (Å²) in [5.74, 6) is -1.27. The normalized spacial score (nSPS) is 17.2. The molecule has 1 heterocycles. The van der Waals surface area contributed by atoms with Crippen LogP contribution < -0.4 is 5.32 Å². The van der Waals surface area contributed by atoms with Crippen LogP contribution in [0.25, 0.3) is 0 Å². The lowest BCUT2D eigenvalue weighted by Crippen LogP contribution is -2.40. The molecule has 7 heteroatoms. The molecule has 1 N–H and O–H groups in total. The number of methoxy groups -OCH3 is 1. The maximum Gasteiger partial charge on any atom is 0.339 e. The number of amides is 1. The SMILES string of the molecule is COC(=O)c1ccccc1NC(=O)C1CCCN(Cc2c(F)cccc2Cl)C1. The van der Waals surface area contributed by atoms with E-state index in [1.807, 2.05) is 4.90 Å². The molecule has 1 saturated heterocycles. The number of ether oxygens (including phenoxy) is 1. The number of piperidine rings is 1. The third-order valence-corrected chi connectivity index (χ3v) is 5.26. The predicted molar refractivity (Wildman–Crippen MR) is 106 cm³/mol. The van der Waals surface area contributed by atoms with Gasteiger partial charge in [0.25, 0.3) is 0 Å². The molecule has 5 nitrogen and oxygen atoms in total. The van der Waals surface area contributed by atoms with Gasteiger partial charge in [0.15, 0.2) is 0 Å². The van der Waals surface area contributed by atoms with Crippen molar-refractivity contribution in [1.29, 1.82) is 0 Å². The van der Waals surface area contributed by atoms with Crippen molar-refractivity contribution in [3.63, 3.8) is 0 Å². The number of carbonyl (C=O) groups excluding carboxylic acids is 2. The molecule has 148 valence electrons. The van der Waals surface area contributed by atoms with Crippen molar-refractivity contribution in [3.05, 3.63) is 64.4 Å². The first-order valence-electron chi connectivity index (χ1n) is 9.13. The number of likely N-dealkylation sites (tertiary alicyclic amines) is 1. The molecule has 0 spiro atoms. The Labute approximate surface area is 168 Å². The van der Waals surface area contributed by atoms with E-state index in [1.165, 1.54) is 13.2 Å². The molecule has 0 saturated carbocycles. The largest absolute Gasteiger partial charge is 0.465 e. The highest BCUT2D eigenvalue weighted by Gasteiger charge is 2.27. The third-order valence-electron chi connectivity index (χ3n) is 4.91. The minimum atomic E-state index is -0.504. The van der Waals surface area contributed by atoms with Gasteiger partial charge < -0.3 is 10.1 Å². The highest BCUT2D eigenvalue weighted by Crippen LogP contribution is 2.25. The van der Waals surface area contributed by atoms with Crippen LogP contribution in [0.3, 0.4) is 0 Å². The van der Waals surface area contributed by atoms with E-state index in [-0.39, 0.29) is 17.6 Å². The van der Waals surface area contributed by atoms with Crippen molar-refractivity contribution >= 4 is 29.2 Å². The summed E-state index contributed by atoms with van der Waals surface area (Å²) in [4.78, 5) is 26.7. The van der Waals surface area contributed by atoms with E-state index in [2.05, 4.69) is 5.32 Å². The maximum atomic E-state index is 14.1. The van der Waals surface area contributed by atoms with Crippen LogP contribution in [0.2, 0.25) is 5.02 Å². The molecule has 1 aliphatic heterocycles. The van der Waals surface area contributed by atoms with E-state index in [1.54, 1.807) is 36.4 Å². The fourth-order valence-electron chi connectivity index (χ4n) is 3.44. The molecule has 3 rings (SSSR count). The van der Waals surface area contributed by atoms with Gasteiger partial charge >= 0.3 is 5.97 Å². The highest BCUT2D eigenvalue weighted by molar-refractivity contribution is 6.31. The van der Waals surface area contributed by atoms with Crippen molar-refractivity contribution in [3.8, 4) is 0 Å². The number of rotatable bonds is 5. The summed E-state index contributed by atoms with van der Waals surface area (Å²) in [6.07, 6.45) is 1.55. The van der Waals surface area contributed by atoms with Crippen molar-refractivity contribution in [1.82, 2.24) is 4.90 Å². The van der Waals surface area contributed by atoms with Gasteiger partial charge in [-0.2, -0.15) is 0 Å². The molecule has 0 radical (unpaired) electrons.